The standard InChI is InChI=1S/C12H16N2O3/c1-4-16-7-10-9(6-13)12(15)14-8(3)11(10)17-5-2/h4-5,7H2,1-3H3,(H,14,15). The summed E-state index contributed by atoms with van der Waals surface area (Å²) in [6, 6.07) is 1.90. The molecule has 0 spiro atoms. The van der Waals surface area contributed by atoms with E-state index >= 15 is 0 Å². The first-order valence-corrected chi connectivity index (χ1v) is 5.52. The van der Waals surface area contributed by atoms with E-state index in [1.165, 1.54) is 0 Å². The van der Waals surface area contributed by atoms with Crippen LogP contribution in [0.15, 0.2) is 4.79 Å². The van der Waals surface area contributed by atoms with Gasteiger partial charge in [-0.1, -0.05) is 0 Å². The van der Waals surface area contributed by atoms with Gasteiger partial charge in [0.2, 0.25) is 0 Å². The van der Waals surface area contributed by atoms with Crippen LogP contribution in [0.5, 0.6) is 5.75 Å². The molecule has 92 valence electrons. The zero-order valence-electron chi connectivity index (χ0n) is 10.3. The van der Waals surface area contributed by atoms with Gasteiger partial charge in [0.15, 0.2) is 0 Å². The molecular formula is C12H16N2O3. The first-order valence-electron chi connectivity index (χ1n) is 5.52. The van der Waals surface area contributed by atoms with Crippen LogP contribution in [0, 0.1) is 18.3 Å². The van der Waals surface area contributed by atoms with Crippen molar-refractivity contribution in [1.29, 1.82) is 5.26 Å². The zero-order chi connectivity index (χ0) is 12.8. The SMILES string of the molecule is CCOCc1c(OCC)c(C)[nH]c(=O)c1C#N. The number of hydrogen-bond acceptors (Lipinski definition) is 4. The molecule has 0 aromatic carbocycles. The van der Waals surface area contributed by atoms with E-state index in [2.05, 4.69) is 4.98 Å². The highest BCUT2D eigenvalue weighted by Crippen LogP contribution is 2.23. The minimum Gasteiger partial charge on any atom is -0.492 e. The van der Waals surface area contributed by atoms with Gasteiger partial charge in [-0.3, -0.25) is 4.79 Å². The van der Waals surface area contributed by atoms with Gasteiger partial charge >= 0.3 is 0 Å². The molecule has 0 amide bonds. The van der Waals surface area contributed by atoms with Crippen molar-refractivity contribution >= 4 is 0 Å². The van der Waals surface area contributed by atoms with Crippen LogP contribution in [0.25, 0.3) is 0 Å². The fourth-order valence-corrected chi connectivity index (χ4v) is 1.57. The van der Waals surface area contributed by atoms with Crippen molar-refractivity contribution in [1.82, 2.24) is 4.98 Å². The zero-order valence-corrected chi connectivity index (χ0v) is 10.3. The van der Waals surface area contributed by atoms with E-state index in [1.807, 2.05) is 19.9 Å². The number of nitrogens with one attached hydrogen (secondary N) is 1. The summed E-state index contributed by atoms with van der Waals surface area (Å²) in [7, 11) is 0. The maximum Gasteiger partial charge on any atom is 0.266 e. The fraction of sp³-hybridized carbons (Fsp3) is 0.500. The largest absolute Gasteiger partial charge is 0.492 e. The van der Waals surface area contributed by atoms with E-state index in [1.54, 1.807) is 6.92 Å². The van der Waals surface area contributed by atoms with Gasteiger partial charge < -0.3 is 14.5 Å². The maximum absolute atomic E-state index is 11.6. The number of ether oxygens (including phenoxy) is 2. The summed E-state index contributed by atoms with van der Waals surface area (Å²) in [5.74, 6) is 0.539. The molecular weight excluding hydrogens is 220 g/mol. The molecule has 0 saturated carbocycles. The molecule has 5 heteroatoms. The Kier molecular flexibility index (Phi) is 4.73. The Balaban J connectivity index is 3.35. The smallest absolute Gasteiger partial charge is 0.266 e. The van der Waals surface area contributed by atoms with E-state index in [0.717, 1.165) is 0 Å². The third-order valence-electron chi connectivity index (χ3n) is 2.30. The Morgan fingerprint density at radius 1 is 1.35 bits per heavy atom. The summed E-state index contributed by atoms with van der Waals surface area (Å²) in [6.45, 7) is 6.63. The summed E-state index contributed by atoms with van der Waals surface area (Å²) >= 11 is 0. The minimum absolute atomic E-state index is 0.0625. The number of aromatic nitrogens is 1. The van der Waals surface area contributed by atoms with E-state index in [4.69, 9.17) is 14.7 Å². The predicted octanol–water partition coefficient (Wildman–Crippen LogP) is 1.49. The molecule has 1 aromatic heterocycles. The molecule has 1 rings (SSSR count). The third-order valence-corrected chi connectivity index (χ3v) is 2.30. The molecule has 1 heterocycles. The number of pyridine rings is 1. The summed E-state index contributed by atoms with van der Waals surface area (Å²) < 4.78 is 10.7. The van der Waals surface area contributed by atoms with Crippen molar-refractivity contribution < 1.29 is 9.47 Å². The number of aromatic amines is 1. The molecule has 0 aliphatic heterocycles. The van der Waals surface area contributed by atoms with Crippen LogP contribution < -0.4 is 10.3 Å². The van der Waals surface area contributed by atoms with E-state index in [0.29, 0.717) is 30.2 Å². The Bertz CT molecular complexity index is 486. The number of aryl methyl sites for hydroxylation is 1. The van der Waals surface area contributed by atoms with Gasteiger partial charge in [0.1, 0.15) is 17.4 Å². The Morgan fingerprint density at radius 2 is 2.06 bits per heavy atom. The van der Waals surface area contributed by atoms with Crippen LogP contribution in [-0.2, 0) is 11.3 Å². The molecule has 0 radical (unpaired) electrons. The summed E-state index contributed by atoms with van der Waals surface area (Å²) in [4.78, 5) is 14.2. The molecule has 0 unspecified atom stereocenters. The van der Waals surface area contributed by atoms with Gasteiger partial charge in [-0.25, -0.2) is 0 Å². The Morgan fingerprint density at radius 3 is 2.59 bits per heavy atom. The lowest BCUT2D eigenvalue weighted by atomic mass is 10.1. The second-order valence-electron chi connectivity index (χ2n) is 3.44. The van der Waals surface area contributed by atoms with Crippen molar-refractivity contribution in [3.63, 3.8) is 0 Å². The highest BCUT2D eigenvalue weighted by atomic mass is 16.5. The minimum atomic E-state index is -0.400. The second kappa shape index (κ2) is 6.06. The monoisotopic (exact) mass is 236 g/mol. The fourth-order valence-electron chi connectivity index (χ4n) is 1.57. The number of nitriles is 1. The lowest BCUT2D eigenvalue weighted by molar-refractivity contribution is 0.130. The van der Waals surface area contributed by atoms with Crippen molar-refractivity contribution in [2.24, 2.45) is 0 Å². The Labute approximate surface area is 100.0 Å². The predicted molar refractivity (Wildman–Crippen MR) is 63.0 cm³/mol. The average Bonchev–Trinajstić information content (AvgIpc) is 2.30. The lowest BCUT2D eigenvalue weighted by Gasteiger charge is -2.13. The second-order valence-corrected chi connectivity index (χ2v) is 3.44. The Hall–Kier alpha value is -1.80. The van der Waals surface area contributed by atoms with Crippen LogP contribution in [0.3, 0.4) is 0 Å². The average molecular weight is 236 g/mol. The molecule has 5 nitrogen and oxygen atoms in total. The third kappa shape index (κ3) is 2.86. The number of nitrogens with zero attached hydrogens (tertiary/aromatic N) is 1. The van der Waals surface area contributed by atoms with Crippen LogP contribution in [0.2, 0.25) is 0 Å². The van der Waals surface area contributed by atoms with E-state index in [-0.39, 0.29) is 12.2 Å². The van der Waals surface area contributed by atoms with E-state index in [9.17, 15) is 4.79 Å². The number of H-pyrrole nitrogens is 1. The maximum atomic E-state index is 11.6. The molecule has 0 aliphatic carbocycles. The van der Waals surface area contributed by atoms with Crippen molar-refractivity contribution in [3.8, 4) is 11.8 Å². The first-order chi connectivity index (χ1) is 8.15. The normalized spacial score (nSPS) is 10.0. The lowest BCUT2D eigenvalue weighted by Crippen LogP contribution is -2.17. The van der Waals surface area contributed by atoms with Crippen molar-refractivity contribution in [2.75, 3.05) is 13.2 Å². The molecule has 0 saturated heterocycles. The van der Waals surface area contributed by atoms with E-state index < -0.39 is 5.56 Å². The molecule has 17 heavy (non-hydrogen) atoms. The molecule has 1 N–H and O–H groups in total. The van der Waals surface area contributed by atoms with Crippen LogP contribution in [0.1, 0.15) is 30.7 Å². The molecule has 1 aromatic rings. The highest BCUT2D eigenvalue weighted by Gasteiger charge is 2.16. The van der Waals surface area contributed by atoms with Crippen LogP contribution >= 0.6 is 0 Å². The summed E-state index contributed by atoms with van der Waals surface area (Å²) in [5, 5.41) is 9.00. The topological polar surface area (TPSA) is 75.1 Å². The summed E-state index contributed by atoms with van der Waals surface area (Å²) in [6.07, 6.45) is 0. The summed E-state index contributed by atoms with van der Waals surface area (Å²) in [5.41, 5.74) is 0.804. The quantitative estimate of drug-likeness (QED) is 0.840. The number of rotatable bonds is 5. The van der Waals surface area contributed by atoms with Gasteiger partial charge in [0, 0.05) is 12.2 Å². The molecule has 0 bridgehead atoms. The first kappa shape index (κ1) is 13.3. The molecule has 0 atom stereocenters. The van der Waals surface area contributed by atoms with Gasteiger partial charge in [-0.2, -0.15) is 5.26 Å². The van der Waals surface area contributed by atoms with Gasteiger partial charge in [0.05, 0.1) is 18.9 Å². The van der Waals surface area contributed by atoms with Crippen LogP contribution in [0.4, 0.5) is 0 Å². The van der Waals surface area contributed by atoms with Crippen LogP contribution in [-0.4, -0.2) is 18.2 Å². The molecule has 0 aliphatic rings. The van der Waals surface area contributed by atoms with Crippen molar-refractivity contribution in [2.45, 2.75) is 27.4 Å². The van der Waals surface area contributed by atoms with Gasteiger partial charge in [-0.05, 0) is 20.8 Å². The van der Waals surface area contributed by atoms with Crippen molar-refractivity contribution in [3.05, 3.63) is 27.2 Å². The van der Waals surface area contributed by atoms with Gasteiger partial charge in [0.25, 0.3) is 5.56 Å². The highest BCUT2D eigenvalue weighted by molar-refractivity contribution is 5.47. The molecule has 0 fully saturated rings. The van der Waals surface area contributed by atoms with Gasteiger partial charge in [-0.15, -0.1) is 0 Å². The number of hydrogen-bond donors (Lipinski definition) is 1.